The van der Waals surface area contributed by atoms with Crippen LogP contribution < -0.4 is 10.2 Å². The summed E-state index contributed by atoms with van der Waals surface area (Å²) in [6.45, 7) is 3.87. The molecule has 0 atom stereocenters. The molecule has 0 saturated carbocycles. The van der Waals surface area contributed by atoms with Gasteiger partial charge >= 0.3 is 0 Å². The van der Waals surface area contributed by atoms with Crippen LogP contribution in [0.15, 0.2) is 48.7 Å². The largest absolute Gasteiger partial charge is 0.345 e. The van der Waals surface area contributed by atoms with E-state index in [1.54, 1.807) is 0 Å². The van der Waals surface area contributed by atoms with Crippen LogP contribution in [-0.2, 0) is 6.54 Å². The van der Waals surface area contributed by atoms with Gasteiger partial charge in [0.2, 0.25) is 0 Å². The predicted octanol–water partition coefficient (Wildman–Crippen LogP) is 2.96. The second kappa shape index (κ2) is 6.17. The minimum absolute atomic E-state index is 0.812. The fourth-order valence-corrected chi connectivity index (χ4v) is 1.82. The lowest BCUT2D eigenvalue weighted by Gasteiger charge is -2.19. The van der Waals surface area contributed by atoms with Crippen LogP contribution in [0.2, 0.25) is 0 Å². The molecule has 1 N–H and O–H groups in total. The highest BCUT2D eigenvalue weighted by molar-refractivity contribution is 5.62. The number of hydrogen-bond donors (Lipinski definition) is 1. The summed E-state index contributed by atoms with van der Waals surface area (Å²) in [6.07, 6.45) is 1.86. The number of anilines is 2. The van der Waals surface area contributed by atoms with Gasteiger partial charge < -0.3 is 10.2 Å². The van der Waals surface area contributed by atoms with Crippen LogP contribution in [0.25, 0.3) is 0 Å². The van der Waals surface area contributed by atoms with Crippen LogP contribution in [-0.4, -0.2) is 18.6 Å². The van der Waals surface area contributed by atoms with Gasteiger partial charge in [0.1, 0.15) is 0 Å². The third-order valence-electron chi connectivity index (χ3n) is 2.89. The van der Waals surface area contributed by atoms with Crippen molar-refractivity contribution in [2.45, 2.75) is 13.5 Å². The van der Waals surface area contributed by atoms with Crippen molar-refractivity contribution in [3.63, 3.8) is 0 Å². The van der Waals surface area contributed by atoms with Crippen LogP contribution >= 0.6 is 0 Å². The molecule has 0 saturated heterocycles. The van der Waals surface area contributed by atoms with Crippen molar-refractivity contribution in [1.29, 1.82) is 0 Å². The molecular weight excluding hydrogens is 222 g/mol. The SMILES string of the molecule is CCNCc1cc(N(C)c2ccccc2)ccn1. The summed E-state index contributed by atoms with van der Waals surface area (Å²) in [5, 5.41) is 3.29. The van der Waals surface area contributed by atoms with E-state index in [0.29, 0.717) is 0 Å². The predicted molar refractivity (Wildman–Crippen MR) is 76.1 cm³/mol. The van der Waals surface area contributed by atoms with Gasteiger partial charge in [0.25, 0.3) is 0 Å². The summed E-state index contributed by atoms with van der Waals surface area (Å²) in [4.78, 5) is 6.53. The summed E-state index contributed by atoms with van der Waals surface area (Å²) >= 11 is 0. The number of aromatic nitrogens is 1. The van der Waals surface area contributed by atoms with Gasteiger partial charge in [-0.1, -0.05) is 25.1 Å². The van der Waals surface area contributed by atoms with E-state index in [2.05, 4.69) is 47.4 Å². The van der Waals surface area contributed by atoms with Crippen LogP contribution in [0.3, 0.4) is 0 Å². The molecule has 3 heteroatoms. The maximum atomic E-state index is 4.36. The van der Waals surface area contributed by atoms with Gasteiger partial charge in [0, 0.05) is 31.2 Å². The van der Waals surface area contributed by atoms with E-state index in [4.69, 9.17) is 0 Å². The highest BCUT2D eigenvalue weighted by atomic mass is 15.1. The number of pyridine rings is 1. The summed E-state index contributed by atoms with van der Waals surface area (Å²) in [5.41, 5.74) is 3.40. The Balaban J connectivity index is 2.17. The van der Waals surface area contributed by atoms with E-state index >= 15 is 0 Å². The lowest BCUT2D eigenvalue weighted by atomic mass is 10.2. The lowest BCUT2D eigenvalue weighted by molar-refractivity contribution is 0.710. The molecule has 94 valence electrons. The highest BCUT2D eigenvalue weighted by Gasteiger charge is 2.04. The van der Waals surface area contributed by atoms with Crippen molar-refractivity contribution < 1.29 is 0 Å². The molecule has 1 aromatic carbocycles. The van der Waals surface area contributed by atoms with E-state index in [1.165, 1.54) is 5.69 Å². The van der Waals surface area contributed by atoms with Crippen molar-refractivity contribution in [3.8, 4) is 0 Å². The van der Waals surface area contributed by atoms with Crippen molar-refractivity contribution in [2.24, 2.45) is 0 Å². The first-order chi connectivity index (χ1) is 8.81. The molecule has 0 fully saturated rings. The normalized spacial score (nSPS) is 10.3. The molecule has 0 bridgehead atoms. The second-order valence-electron chi connectivity index (χ2n) is 4.18. The first-order valence-electron chi connectivity index (χ1n) is 6.25. The van der Waals surface area contributed by atoms with Crippen molar-refractivity contribution >= 4 is 11.4 Å². The van der Waals surface area contributed by atoms with Gasteiger partial charge in [0.05, 0.1) is 5.69 Å². The fourth-order valence-electron chi connectivity index (χ4n) is 1.82. The molecule has 3 nitrogen and oxygen atoms in total. The average molecular weight is 241 g/mol. The van der Waals surface area contributed by atoms with Gasteiger partial charge in [-0.15, -0.1) is 0 Å². The molecule has 0 spiro atoms. The topological polar surface area (TPSA) is 28.2 Å². The Morgan fingerprint density at radius 3 is 2.61 bits per heavy atom. The molecule has 2 aromatic rings. The van der Waals surface area contributed by atoms with E-state index in [-0.39, 0.29) is 0 Å². The van der Waals surface area contributed by atoms with Gasteiger partial charge in [0.15, 0.2) is 0 Å². The first-order valence-corrected chi connectivity index (χ1v) is 6.25. The Kier molecular flexibility index (Phi) is 4.31. The van der Waals surface area contributed by atoms with Crippen LogP contribution in [0, 0.1) is 0 Å². The molecule has 0 amide bonds. The second-order valence-corrected chi connectivity index (χ2v) is 4.18. The first kappa shape index (κ1) is 12.6. The lowest BCUT2D eigenvalue weighted by Crippen LogP contribution is -2.14. The zero-order chi connectivity index (χ0) is 12.8. The molecule has 1 heterocycles. The van der Waals surface area contributed by atoms with E-state index in [9.17, 15) is 0 Å². The molecule has 1 aromatic heterocycles. The quantitative estimate of drug-likeness (QED) is 0.872. The zero-order valence-corrected chi connectivity index (χ0v) is 10.9. The molecule has 2 rings (SSSR count). The Bertz CT molecular complexity index is 482. The van der Waals surface area contributed by atoms with E-state index < -0.39 is 0 Å². The molecule has 0 aliphatic heterocycles. The van der Waals surface area contributed by atoms with E-state index in [1.807, 2.05) is 30.5 Å². The Labute approximate surface area is 108 Å². The van der Waals surface area contributed by atoms with Gasteiger partial charge in [-0.05, 0) is 30.8 Å². The molecule has 18 heavy (non-hydrogen) atoms. The van der Waals surface area contributed by atoms with Crippen molar-refractivity contribution in [3.05, 3.63) is 54.4 Å². The zero-order valence-electron chi connectivity index (χ0n) is 10.9. The average Bonchev–Trinajstić information content (AvgIpc) is 2.45. The fraction of sp³-hybridized carbons (Fsp3) is 0.267. The maximum absolute atomic E-state index is 4.36. The number of nitrogens with zero attached hydrogens (tertiary/aromatic N) is 2. The molecule has 0 aliphatic carbocycles. The minimum Gasteiger partial charge on any atom is -0.345 e. The van der Waals surface area contributed by atoms with Gasteiger partial charge in [-0.2, -0.15) is 0 Å². The number of benzene rings is 1. The summed E-state index contributed by atoms with van der Waals surface area (Å²) < 4.78 is 0. The van der Waals surface area contributed by atoms with E-state index in [0.717, 1.165) is 24.5 Å². The van der Waals surface area contributed by atoms with Crippen LogP contribution in [0.5, 0.6) is 0 Å². The highest BCUT2D eigenvalue weighted by Crippen LogP contribution is 2.22. The van der Waals surface area contributed by atoms with Crippen LogP contribution in [0.1, 0.15) is 12.6 Å². The molecule has 0 aliphatic rings. The Hall–Kier alpha value is -1.87. The Morgan fingerprint density at radius 2 is 1.89 bits per heavy atom. The maximum Gasteiger partial charge on any atom is 0.0562 e. The number of nitrogens with one attached hydrogen (secondary N) is 1. The van der Waals surface area contributed by atoms with Crippen molar-refractivity contribution in [2.75, 3.05) is 18.5 Å². The number of para-hydroxylation sites is 1. The summed E-state index contributed by atoms with van der Waals surface area (Å²) in [6, 6.07) is 14.5. The molecule has 0 radical (unpaired) electrons. The molecule has 0 unspecified atom stereocenters. The smallest absolute Gasteiger partial charge is 0.0562 e. The monoisotopic (exact) mass is 241 g/mol. The number of hydrogen-bond acceptors (Lipinski definition) is 3. The van der Waals surface area contributed by atoms with Gasteiger partial charge in [-0.3, -0.25) is 4.98 Å². The third kappa shape index (κ3) is 3.08. The Morgan fingerprint density at radius 1 is 1.11 bits per heavy atom. The van der Waals surface area contributed by atoms with Gasteiger partial charge in [-0.25, -0.2) is 0 Å². The summed E-state index contributed by atoms with van der Waals surface area (Å²) in [5.74, 6) is 0. The summed E-state index contributed by atoms with van der Waals surface area (Å²) in [7, 11) is 2.07. The van der Waals surface area contributed by atoms with Crippen molar-refractivity contribution in [1.82, 2.24) is 10.3 Å². The third-order valence-corrected chi connectivity index (χ3v) is 2.89. The van der Waals surface area contributed by atoms with Crippen LogP contribution in [0.4, 0.5) is 11.4 Å². The standard InChI is InChI=1S/C15H19N3/c1-3-16-12-13-11-15(9-10-17-13)18(2)14-7-5-4-6-8-14/h4-11,16H,3,12H2,1-2H3. The number of rotatable bonds is 5. The molecular formula is C15H19N3. The minimum atomic E-state index is 0.812.